The molecule has 3 unspecified atom stereocenters. The van der Waals surface area contributed by atoms with Gasteiger partial charge in [0, 0.05) is 17.8 Å². The van der Waals surface area contributed by atoms with Crippen LogP contribution in [0.4, 0.5) is 10.5 Å². The normalized spacial score (nSPS) is 13.6. The number of rotatable bonds is 11. The first-order valence-electron chi connectivity index (χ1n) is 14.3. The van der Waals surface area contributed by atoms with Gasteiger partial charge in [-0.25, -0.2) is 4.79 Å². The highest BCUT2D eigenvalue weighted by molar-refractivity contribution is 6.00. The summed E-state index contributed by atoms with van der Waals surface area (Å²) in [5.74, 6) is -1.22. The standard InChI is InChI=1S/C33H43N3O5/c1-7-9-20-36(31(39)28(22(3)8-2)35-32(40)41-33(4,5)6)29(26-16-12-13-17-27(26)37)30(38)34-25-19-18-23-14-10-11-15-24(23)21-25/h10-19,21-22,28-29,37H,7-9,20H2,1-6H3,(H,34,38)(H,35,40). The molecule has 0 spiro atoms. The molecule has 0 saturated heterocycles. The number of alkyl carbamates (subject to hydrolysis) is 1. The van der Waals surface area contributed by atoms with Crippen LogP contribution in [0, 0.1) is 5.92 Å². The van der Waals surface area contributed by atoms with Gasteiger partial charge in [-0.3, -0.25) is 9.59 Å². The number of phenols is 1. The first-order valence-corrected chi connectivity index (χ1v) is 14.3. The van der Waals surface area contributed by atoms with Crippen molar-refractivity contribution in [3.63, 3.8) is 0 Å². The number of hydrogen-bond donors (Lipinski definition) is 3. The van der Waals surface area contributed by atoms with Crippen LogP contribution < -0.4 is 10.6 Å². The van der Waals surface area contributed by atoms with Crippen molar-refractivity contribution in [3.8, 4) is 5.75 Å². The van der Waals surface area contributed by atoms with Crippen LogP contribution in [0.1, 0.15) is 72.4 Å². The number of aromatic hydroxyl groups is 1. The molecule has 3 rings (SSSR count). The van der Waals surface area contributed by atoms with Crippen molar-refractivity contribution in [1.82, 2.24) is 10.2 Å². The number of nitrogens with one attached hydrogen (secondary N) is 2. The Balaban J connectivity index is 2.04. The molecule has 3 N–H and O–H groups in total. The zero-order chi connectivity index (χ0) is 30.2. The molecule has 8 nitrogen and oxygen atoms in total. The highest BCUT2D eigenvalue weighted by Gasteiger charge is 2.38. The second-order valence-corrected chi connectivity index (χ2v) is 11.4. The number of ether oxygens (including phenoxy) is 1. The summed E-state index contributed by atoms with van der Waals surface area (Å²) in [5, 5.41) is 18.6. The molecular formula is C33H43N3O5. The Morgan fingerprint density at radius 3 is 2.24 bits per heavy atom. The van der Waals surface area contributed by atoms with Crippen molar-refractivity contribution in [2.45, 2.75) is 78.5 Å². The van der Waals surface area contributed by atoms with Crippen molar-refractivity contribution < 1.29 is 24.2 Å². The third-order valence-corrected chi connectivity index (χ3v) is 7.00. The summed E-state index contributed by atoms with van der Waals surface area (Å²) >= 11 is 0. The number of carbonyl (C=O) groups excluding carboxylic acids is 3. The zero-order valence-corrected chi connectivity index (χ0v) is 24.9. The molecule has 8 heteroatoms. The smallest absolute Gasteiger partial charge is 0.408 e. The van der Waals surface area contributed by atoms with Gasteiger partial charge in [0.1, 0.15) is 23.4 Å². The van der Waals surface area contributed by atoms with Gasteiger partial charge in [0.2, 0.25) is 5.91 Å². The number of fused-ring (bicyclic) bond motifs is 1. The van der Waals surface area contributed by atoms with Gasteiger partial charge in [-0.05, 0) is 62.1 Å². The molecule has 0 bridgehead atoms. The van der Waals surface area contributed by atoms with E-state index in [2.05, 4.69) is 10.6 Å². The van der Waals surface area contributed by atoms with Gasteiger partial charge < -0.3 is 25.4 Å². The zero-order valence-electron chi connectivity index (χ0n) is 24.9. The van der Waals surface area contributed by atoms with Crippen LogP contribution in [0.5, 0.6) is 5.75 Å². The summed E-state index contributed by atoms with van der Waals surface area (Å²) in [4.78, 5) is 42.6. The van der Waals surface area contributed by atoms with E-state index < -0.39 is 35.6 Å². The minimum absolute atomic E-state index is 0.0966. The highest BCUT2D eigenvalue weighted by Crippen LogP contribution is 2.32. The molecular weight excluding hydrogens is 518 g/mol. The molecule has 0 saturated carbocycles. The van der Waals surface area contributed by atoms with Gasteiger partial charge in [-0.2, -0.15) is 0 Å². The van der Waals surface area contributed by atoms with E-state index in [0.717, 1.165) is 17.2 Å². The Morgan fingerprint density at radius 2 is 1.61 bits per heavy atom. The average molecular weight is 562 g/mol. The van der Waals surface area contributed by atoms with Crippen LogP contribution in [-0.2, 0) is 14.3 Å². The Labute approximate surface area is 243 Å². The molecule has 3 aromatic rings. The number of para-hydroxylation sites is 1. The number of amides is 3. The fourth-order valence-electron chi connectivity index (χ4n) is 4.64. The monoisotopic (exact) mass is 561 g/mol. The van der Waals surface area contributed by atoms with Crippen LogP contribution >= 0.6 is 0 Å². The summed E-state index contributed by atoms with van der Waals surface area (Å²) in [6.45, 7) is 11.3. The van der Waals surface area contributed by atoms with Crippen molar-refractivity contribution in [3.05, 3.63) is 72.3 Å². The molecule has 220 valence electrons. The molecule has 0 aliphatic carbocycles. The lowest BCUT2D eigenvalue weighted by Crippen LogP contribution is -2.55. The van der Waals surface area contributed by atoms with Crippen LogP contribution in [0.2, 0.25) is 0 Å². The van der Waals surface area contributed by atoms with Crippen molar-refractivity contribution >= 4 is 34.4 Å². The van der Waals surface area contributed by atoms with Crippen molar-refractivity contribution in [2.24, 2.45) is 5.92 Å². The summed E-state index contributed by atoms with van der Waals surface area (Å²) in [6.07, 6.45) is 1.31. The number of unbranched alkanes of at least 4 members (excludes halogenated alkanes) is 1. The Bertz CT molecular complexity index is 1350. The predicted molar refractivity (Wildman–Crippen MR) is 163 cm³/mol. The Hall–Kier alpha value is -4.07. The first-order chi connectivity index (χ1) is 19.4. The van der Waals surface area contributed by atoms with Crippen LogP contribution in [0.15, 0.2) is 66.7 Å². The van der Waals surface area contributed by atoms with Gasteiger partial charge in [-0.1, -0.05) is 82.1 Å². The summed E-state index contributed by atoms with van der Waals surface area (Å²) < 4.78 is 5.46. The SMILES string of the molecule is CCCCN(C(=O)C(NC(=O)OC(C)(C)C)C(C)CC)C(C(=O)Nc1ccc2ccccc2c1)c1ccccc1O. The quantitative estimate of drug-likeness (QED) is 0.239. The van der Waals surface area contributed by atoms with Gasteiger partial charge in [-0.15, -0.1) is 0 Å². The Morgan fingerprint density at radius 1 is 0.951 bits per heavy atom. The molecule has 0 aromatic heterocycles. The number of carbonyl (C=O) groups is 3. The fraction of sp³-hybridized carbons (Fsp3) is 0.424. The average Bonchev–Trinajstić information content (AvgIpc) is 2.92. The van der Waals surface area contributed by atoms with Crippen LogP contribution in [0.25, 0.3) is 10.8 Å². The summed E-state index contributed by atoms with van der Waals surface area (Å²) in [6, 6.07) is 17.9. The van der Waals surface area contributed by atoms with Gasteiger partial charge in [0.15, 0.2) is 0 Å². The molecule has 0 aliphatic rings. The summed E-state index contributed by atoms with van der Waals surface area (Å²) in [7, 11) is 0. The van der Waals surface area contributed by atoms with E-state index in [4.69, 9.17) is 4.74 Å². The molecule has 3 amide bonds. The maximum absolute atomic E-state index is 14.3. The van der Waals surface area contributed by atoms with E-state index in [1.54, 1.807) is 39.0 Å². The number of nitrogens with zero attached hydrogens (tertiary/aromatic N) is 1. The van der Waals surface area contributed by atoms with E-state index in [9.17, 15) is 19.5 Å². The first kappa shape index (κ1) is 31.5. The second kappa shape index (κ2) is 14.0. The lowest BCUT2D eigenvalue weighted by Gasteiger charge is -2.36. The summed E-state index contributed by atoms with van der Waals surface area (Å²) in [5.41, 5.74) is 0.130. The molecule has 3 aromatic carbocycles. The van der Waals surface area contributed by atoms with E-state index in [1.807, 2.05) is 63.2 Å². The second-order valence-electron chi connectivity index (χ2n) is 11.4. The third-order valence-electron chi connectivity index (χ3n) is 7.00. The van der Waals surface area contributed by atoms with E-state index in [1.165, 1.54) is 11.0 Å². The molecule has 0 aliphatic heterocycles. The maximum Gasteiger partial charge on any atom is 0.408 e. The number of hydrogen-bond acceptors (Lipinski definition) is 5. The van der Waals surface area contributed by atoms with Gasteiger partial charge >= 0.3 is 6.09 Å². The van der Waals surface area contributed by atoms with Crippen molar-refractivity contribution in [1.29, 1.82) is 0 Å². The Kier molecular flexibility index (Phi) is 10.8. The third kappa shape index (κ3) is 8.46. The number of anilines is 1. The van der Waals surface area contributed by atoms with Crippen molar-refractivity contribution in [2.75, 3.05) is 11.9 Å². The van der Waals surface area contributed by atoms with Gasteiger partial charge in [0.05, 0.1) is 0 Å². The van der Waals surface area contributed by atoms with E-state index in [-0.39, 0.29) is 18.2 Å². The number of phenolic OH excluding ortho intramolecular Hbond substituents is 1. The van der Waals surface area contributed by atoms with Gasteiger partial charge in [0.25, 0.3) is 5.91 Å². The highest BCUT2D eigenvalue weighted by atomic mass is 16.6. The van der Waals surface area contributed by atoms with Crippen LogP contribution in [-0.4, -0.2) is 46.1 Å². The molecule has 3 atom stereocenters. The fourth-order valence-corrected chi connectivity index (χ4v) is 4.64. The maximum atomic E-state index is 14.3. The number of benzene rings is 3. The molecule has 0 heterocycles. The van der Waals surface area contributed by atoms with Crippen LogP contribution in [0.3, 0.4) is 0 Å². The minimum Gasteiger partial charge on any atom is -0.508 e. The largest absolute Gasteiger partial charge is 0.508 e. The molecule has 0 fully saturated rings. The van der Waals surface area contributed by atoms with E-state index >= 15 is 0 Å². The van der Waals surface area contributed by atoms with E-state index in [0.29, 0.717) is 24.1 Å². The topological polar surface area (TPSA) is 108 Å². The predicted octanol–water partition coefficient (Wildman–Crippen LogP) is 6.79. The lowest BCUT2D eigenvalue weighted by atomic mass is 9.95. The molecule has 0 radical (unpaired) electrons. The lowest BCUT2D eigenvalue weighted by molar-refractivity contribution is -0.142. The molecule has 41 heavy (non-hydrogen) atoms. The minimum atomic E-state index is -1.14.